The van der Waals surface area contributed by atoms with E-state index in [0.717, 1.165) is 17.8 Å². The van der Waals surface area contributed by atoms with Gasteiger partial charge in [0, 0.05) is 24.3 Å². The van der Waals surface area contributed by atoms with E-state index >= 15 is 0 Å². The van der Waals surface area contributed by atoms with Crippen LogP contribution < -0.4 is 10.1 Å². The molecule has 0 spiro atoms. The summed E-state index contributed by atoms with van der Waals surface area (Å²) < 4.78 is 21.4. The fraction of sp³-hybridized carbons (Fsp3) is 0.438. The van der Waals surface area contributed by atoms with Crippen molar-refractivity contribution < 1.29 is 9.13 Å². The van der Waals surface area contributed by atoms with Crippen LogP contribution in [0.15, 0.2) is 30.5 Å². The molecule has 0 atom stereocenters. The van der Waals surface area contributed by atoms with Gasteiger partial charge in [-0.3, -0.25) is 4.68 Å². The molecule has 5 heteroatoms. The minimum atomic E-state index is -0.339. The Labute approximate surface area is 124 Å². The maximum atomic E-state index is 13.9. The number of para-hydroxylation sites is 1. The highest BCUT2D eigenvalue weighted by Crippen LogP contribution is 2.23. The summed E-state index contributed by atoms with van der Waals surface area (Å²) in [5, 5.41) is 7.58. The lowest BCUT2D eigenvalue weighted by Crippen LogP contribution is -2.13. The van der Waals surface area contributed by atoms with E-state index in [1.807, 2.05) is 29.9 Å². The summed E-state index contributed by atoms with van der Waals surface area (Å²) >= 11 is 0. The number of ether oxygens (including phenoxy) is 1. The first-order valence-electron chi connectivity index (χ1n) is 7.26. The molecule has 0 saturated heterocycles. The third-order valence-corrected chi connectivity index (χ3v) is 3.17. The summed E-state index contributed by atoms with van der Waals surface area (Å²) in [6.07, 6.45) is 1.91. The topological polar surface area (TPSA) is 39.1 Å². The second kappa shape index (κ2) is 7.22. The third-order valence-electron chi connectivity index (χ3n) is 3.17. The van der Waals surface area contributed by atoms with Gasteiger partial charge in [0.25, 0.3) is 0 Å². The quantitative estimate of drug-likeness (QED) is 0.851. The van der Waals surface area contributed by atoms with Crippen LogP contribution in [0.5, 0.6) is 5.75 Å². The summed E-state index contributed by atoms with van der Waals surface area (Å²) in [6, 6.07) is 7.18. The molecule has 0 radical (unpaired) electrons. The van der Waals surface area contributed by atoms with Crippen LogP contribution in [0.3, 0.4) is 0 Å². The van der Waals surface area contributed by atoms with Crippen molar-refractivity contribution >= 4 is 0 Å². The van der Waals surface area contributed by atoms with Crippen LogP contribution in [0.1, 0.15) is 38.1 Å². The molecule has 2 rings (SSSR count). The van der Waals surface area contributed by atoms with E-state index in [9.17, 15) is 4.39 Å². The number of rotatable bonds is 7. The van der Waals surface area contributed by atoms with E-state index in [2.05, 4.69) is 24.3 Å². The molecule has 0 unspecified atom stereocenters. The second-order valence-electron chi connectivity index (χ2n) is 5.18. The standard InChI is InChI=1S/C16H22FN3O/c1-4-18-10-13-6-5-7-15(17)16(13)21-11-14-8-9-20(19-14)12(2)3/h5-9,12,18H,4,10-11H2,1-3H3. The van der Waals surface area contributed by atoms with Crippen LogP contribution in [0, 0.1) is 5.82 Å². The monoisotopic (exact) mass is 291 g/mol. The largest absolute Gasteiger partial charge is 0.484 e. The van der Waals surface area contributed by atoms with E-state index in [4.69, 9.17) is 4.74 Å². The van der Waals surface area contributed by atoms with Gasteiger partial charge in [-0.05, 0) is 32.5 Å². The van der Waals surface area contributed by atoms with Crippen LogP contribution in [0.2, 0.25) is 0 Å². The lowest BCUT2D eigenvalue weighted by molar-refractivity contribution is 0.280. The van der Waals surface area contributed by atoms with Gasteiger partial charge in [0.1, 0.15) is 6.61 Å². The highest BCUT2D eigenvalue weighted by atomic mass is 19.1. The maximum Gasteiger partial charge on any atom is 0.165 e. The Hall–Kier alpha value is -1.88. The lowest BCUT2D eigenvalue weighted by Gasteiger charge is -2.12. The second-order valence-corrected chi connectivity index (χ2v) is 5.18. The molecule has 0 saturated carbocycles. The first-order chi connectivity index (χ1) is 10.1. The van der Waals surface area contributed by atoms with Gasteiger partial charge >= 0.3 is 0 Å². The molecule has 0 fully saturated rings. The van der Waals surface area contributed by atoms with Gasteiger partial charge in [-0.25, -0.2) is 4.39 Å². The van der Waals surface area contributed by atoms with Crippen molar-refractivity contribution in [1.29, 1.82) is 0 Å². The van der Waals surface area contributed by atoms with E-state index < -0.39 is 0 Å². The molecule has 2 aromatic rings. The zero-order valence-corrected chi connectivity index (χ0v) is 12.8. The van der Waals surface area contributed by atoms with Crippen LogP contribution in [0.4, 0.5) is 4.39 Å². The van der Waals surface area contributed by atoms with Crippen molar-refractivity contribution in [3.05, 3.63) is 47.5 Å². The van der Waals surface area contributed by atoms with Gasteiger partial charge in [0.05, 0.1) is 5.69 Å². The van der Waals surface area contributed by atoms with Crippen LogP contribution >= 0.6 is 0 Å². The first kappa shape index (κ1) is 15.5. The van der Waals surface area contributed by atoms with Gasteiger partial charge < -0.3 is 10.1 Å². The van der Waals surface area contributed by atoms with Gasteiger partial charge in [0.15, 0.2) is 11.6 Å². The number of nitrogens with one attached hydrogen (secondary N) is 1. The molecule has 0 bridgehead atoms. The molecule has 0 aliphatic carbocycles. The van der Waals surface area contributed by atoms with Crippen LogP contribution in [0.25, 0.3) is 0 Å². The van der Waals surface area contributed by atoms with Crippen molar-refractivity contribution in [2.24, 2.45) is 0 Å². The number of nitrogens with zero attached hydrogens (tertiary/aromatic N) is 2. The smallest absolute Gasteiger partial charge is 0.165 e. The zero-order valence-electron chi connectivity index (χ0n) is 12.8. The maximum absolute atomic E-state index is 13.9. The van der Waals surface area contributed by atoms with Crippen molar-refractivity contribution in [2.75, 3.05) is 6.54 Å². The third kappa shape index (κ3) is 4.04. The molecule has 1 aromatic carbocycles. The number of benzene rings is 1. The summed E-state index contributed by atoms with van der Waals surface area (Å²) in [5.74, 6) is -0.0359. The predicted molar refractivity (Wildman–Crippen MR) is 80.7 cm³/mol. The van der Waals surface area contributed by atoms with E-state index in [1.165, 1.54) is 6.07 Å². The normalized spacial score (nSPS) is 11.1. The number of halogens is 1. The summed E-state index contributed by atoms with van der Waals surface area (Å²) in [4.78, 5) is 0. The molecule has 1 N–H and O–H groups in total. The summed E-state index contributed by atoms with van der Waals surface area (Å²) in [7, 11) is 0. The predicted octanol–water partition coefficient (Wildman–Crippen LogP) is 3.29. The molecule has 0 aliphatic rings. The summed E-state index contributed by atoms with van der Waals surface area (Å²) in [5.41, 5.74) is 1.61. The first-order valence-corrected chi connectivity index (χ1v) is 7.26. The fourth-order valence-corrected chi connectivity index (χ4v) is 2.00. The van der Waals surface area contributed by atoms with Crippen molar-refractivity contribution in [2.45, 2.75) is 40.0 Å². The zero-order chi connectivity index (χ0) is 15.2. The van der Waals surface area contributed by atoms with Crippen molar-refractivity contribution in [3.8, 4) is 5.75 Å². The van der Waals surface area contributed by atoms with Gasteiger partial charge in [-0.15, -0.1) is 0 Å². The Morgan fingerprint density at radius 3 is 2.81 bits per heavy atom. The minimum Gasteiger partial charge on any atom is -0.484 e. The molecular formula is C16H22FN3O. The van der Waals surface area contributed by atoms with E-state index in [0.29, 0.717) is 18.3 Å². The van der Waals surface area contributed by atoms with Crippen LogP contribution in [-0.2, 0) is 13.2 Å². The number of hydrogen-bond donors (Lipinski definition) is 1. The van der Waals surface area contributed by atoms with E-state index in [-0.39, 0.29) is 12.4 Å². The average molecular weight is 291 g/mol. The molecule has 21 heavy (non-hydrogen) atoms. The molecule has 0 aliphatic heterocycles. The summed E-state index contributed by atoms with van der Waals surface area (Å²) in [6.45, 7) is 7.81. The highest BCUT2D eigenvalue weighted by molar-refractivity contribution is 5.35. The number of aromatic nitrogens is 2. The molecule has 114 valence electrons. The van der Waals surface area contributed by atoms with Gasteiger partial charge in [-0.2, -0.15) is 5.10 Å². The average Bonchev–Trinajstić information content (AvgIpc) is 2.93. The lowest BCUT2D eigenvalue weighted by atomic mass is 10.2. The van der Waals surface area contributed by atoms with Gasteiger partial charge in [0.2, 0.25) is 0 Å². The fourth-order valence-electron chi connectivity index (χ4n) is 2.00. The molecular weight excluding hydrogens is 269 g/mol. The SMILES string of the molecule is CCNCc1cccc(F)c1OCc1ccn(C(C)C)n1. The number of hydrogen-bond acceptors (Lipinski definition) is 3. The Morgan fingerprint density at radius 2 is 2.14 bits per heavy atom. The van der Waals surface area contributed by atoms with Crippen molar-refractivity contribution in [1.82, 2.24) is 15.1 Å². The van der Waals surface area contributed by atoms with Gasteiger partial charge in [-0.1, -0.05) is 19.1 Å². The Bertz CT molecular complexity index is 581. The highest BCUT2D eigenvalue weighted by Gasteiger charge is 2.11. The van der Waals surface area contributed by atoms with Crippen molar-refractivity contribution in [3.63, 3.8) is 0 Å². The Balaban J connectivity index is 2.07. The minimum absolute atomic E-state index is 0.264. The molecule has 1 aromatic heterocycles. The molecule has 4 nitrogen and oxygen atoms in total. The molecule has 1 heterocycles. The molecule has 0 amide bonds. The van der Waals surface area contributed by atoms with Crippen LogP contribution in [-0.4, -0.2) is 16.3 Å². The Morgan fingerprint density at radius 1 is 1.33 bits per heavy atom. The Kier molecular flexibility index (Phi) is 5.33. The van der Waals surface area contributed by atoms with E-state index in [1.54, 1.807) is 6.07 Å².